The highest BCUT2D eigenvalue weighted by molar-refractivity contribution is 5.98. The first-order valence-corrected chi connectivity index (χ1v) is 12.3. The molecule has 0 aliphatic carbocycles. The molecule has 2 rings (SSSR count). The molecule has 1 fully saturated rings. The van der Waals surface area contributed by atoms with Gasteiger partial charge in [0.25, 0.3) is 0 Å². The maximum atomic E-state index is 13.2. The summed E-state index contributed by atoms with van der Waals surface area (Å²) < 4.78 is 0. The predicted molar refractivity (Wildman–Crippen MR) is 136 cm³/mol. The number of aliphatic carboxylic acids is 3. The average molecular weight is 540 g/mol. The van der Waals surface area contributed by atoms with Gasteiger partial charge in [0.2, 0.25) is 5.91 Å². The SMILES string of the molecule is O=C(O)CN1CCN(CC(=O)O)CCN(CC(O)O)CCN(CC(=O)N(CC(=O)O)c2ccccc2)CC1. The van der Waals surface area contributed by atoms with Crippen LogP contribution < -0.4 is 4.90 Å². The molecule has 5 N–H and O–H groups in total. The second-order valence-electron chi connectivity index (χ2n) is 9.11. The van der Waals surface area contributed by atoms with Gasteiger partial charge in [-0.25, -0.2) is 0 Å². The zero-order valence-corrected chi connectivity index (χ0v) is 21.3. The Labute approximate surface area is 220 Å². The van der Waals surface area contributed by atoms with Crippen molar-refractivity contribution in [3.8, 4) is 0 Å². The molecule has 1 aliphatic heterocycles. The van der Waals surface area contributed by atoms with Crippen molar-refractivity contribution in [1.29, 1.82) is 0 Å². The van der Waals surface area contributed by atoms with Crippen molar-refractivity contribution in [3.05, 3.63) is 30.3 Å². The molecule has 1 aliphatic rings. The summed E-state index contributed by atoms with van der Waals surface area (Å²) in [6, 6.07) is 8.42. The van der Waals surface area contributed by atoms with Crippen molar-refractivity contribution in [3.63, 3.8) is 0 Å². The van der Waals surface area contributed by atoms with E-state index in [2.05, 4.69) is 0 Å². The minimum Gasteiger partial charge on any atom is -0.480 e. The molecule has 14 nitrogen and oxygen atoms in total. The van der Waals surface area contributed by atoms with E-state index in [9.17, 15) is 44.7 Å². The van der Waals surface area contributed by atoms with Gasteiger partial charge in [-0.1, -0.05) is 18.2 Å². The van der Waals surface area contributed by atoms with Gasteiger partial charge in [-0.3, -0.25) is 38.8 Å². The summed E-state index contributed by atoms with van der Waals surface area (Å²) in [4.78, 5) is 55.5. The van der Waals surface area contributed by atoms with E-state index in [1.54, 1.807) is 49.9 Å². The van der Waals surface area contributed by atoms with E-state index in [4.69, 9.17) is 0 Å². The Morgan fingerprint density at radius 2 is 1.08 bits per heavy atom. The Morgan fingerprint density at radius 1 is 0.658 bits per heavy atom. The molecule has 1 amide bonds. The molecule has 0 spiro atoms. The van der Waals surface area contributed by atoms with E-state index < -0.39 is 36.6 Å². The van der Waals surface area contributed by atoms with Crippen LogP contribution in [0.5, 0.6) is 0 Å². The molecule has 1 aromatic carbocycles. The standard InChI is InChI=1S/C24H37N5O9/c30-20(29(18-24(37)38)19-4-2-1-3-5-19)14-25-6-8-26(15-21(31)32)10-12-28(17-23(35)36)13-11-27(9-7-25)16-22(33)34/h1-5,21,31-32H,6-18H2,(H,33,34)(H,35,36)(H,37,38). The Balaban J connectivity index is 2.23. The number of carboxylic acid groups (broad SMARTS) is 3. The molecule has 0 atom stereocenters. The quantitative estimate of drug-likeness (QED) is 0.191. The fourth-order valence-corrected chi connectivity index (χ4v) is 4.19. The van der Waals surface area contributed by atoms with Crippen LogP contribution in [0.15, 0.2) is 30.3 Å². The number of carboxylic acids is 3. The third kappa shape index (κ3) is 11.9. The highest BCUT2D eigenvalue weighted by atomic mass is 16.5. The smallest absolute Gasteiger partial charge is 0.323 e. The Morgan fingerprint density at radius 3 is 1.47 bits per heavy atom. The monoisotopic (exact) mass is 539 g/mol. The first-order chi connectivity index (χ1) is 18.0. The summed E-state index contributed by atoms with van der Waals surface area (Å²) in [5, 5.41) is 47.0. The number of aliphatic hydroxyl groups excluding tert-OH is 1. The highest BCUT2D eigenvalue weighted by Crippen LogP contribution is 2.14. The maximum absolute atomic E-state index is 13.2. The van der Waals surface area contributed by atoms with Gasteiger partial charge in [0.15, 0.2) is 6.29 Å². The molecule has 1 saturated heterocycles. The number of aliphatic hydroxyl groups is 2. The topological polar surface area (TPSA) is 186 Å². The molecule has 0 radical (unpaired) electrons. The number of anilines is 1. The molecule has 38 heavy (non-hydrogen) atoms. The molecule has 1 heterocycles. The molecular weight excluding hydrogens is 502 g/mol. The second-order valence-corrected chi connectivity index (χ2v) is 9.11. The minimum absolute atomic E-state index is 0.0804. The van der Waals surface area contributed by atoms with Crippen LogP contribution in [0.3, 0.4) is 0 Å². The maximum Gasteiger partial charge on any atom is 0.323 e. The molecule has 0 bridgehead atoms. The molecule has 0 saturated carbocycles. The largest absolute Gasteiger partial charge is 0.480 e. The Hall–Kier alpha value is -3.14. The van der Waals surface area contributed by atoms with Gasteiger partial charge < -0.3 is 30.4 Å². The van der Waals surface area contributed by atoms with Crippen molar-refractivity contribution in [2.45, 2.75) is 6.29 Å². The number of hydrogen-bond donors (Lipinski definition) is 5. The molecular formula is C24H37N5O9. The van der Waals surface area contributed by atoms with Crippen LogP contribution in [-0.4, -0.2) is 160 Å². The summed E-state index contributed by atoms with van der Waals surface area (Å²) >= 11 is 0. The van der Waals surface area contributed by atoms with Gasteiger partial charge in [-0.05, 0) is 12.1 Å². The number of nitrogens with zero attached hydrogens (tertiary/aromatic N) is 5. The number of carbonyl (C=O) groups is 4. The van der Waals surface area contributed by atoms with Crippen LogP contribution in [0.2, 0.25) is 0 Å². The van der Waals surface area contributed by atoms with E-state index in [0.717, 1.165) is 0 Å². The number of benzene rings is 1. The normalized spacial score (nSPS) is 17.4. The third-order valence-electron chi connectivity index (χ3n) is 6.09. The van der Waals surface area contributed by atoms with E-state index in [0.29, 0.717) is 31.9 Å². The highest BCUT2D eigenvalue weighted by Gasteiger charge is 2.24. The number of rotatable bonds is 11. The molecule has 212 valence electrons. The molecule has 14 heteroatoms. The molecule has 0 unspecified atom stereocenters. The average Bonchev–Trinajstić information content (AvgIpc) is 2.83. The molecule has 0 aromatic heterocycles. The zero-order valence-electron chi connectivity index (χ0n) is 21.3. The number of β-amino-alcohol motifs (C(OH)–C–C–N with tert-alkyl or cyclic N) is 2. The van der Waals surface area contributed by atoms with Crippen LogP contribution in [0.4, 0.5) is 5.69 Å². The summed E-state index contributed by atoms with van der Waals surface area (Å²) in [6.07, 6.45) is -1.61. The van der Waals surface area contributed by atoms with E-state index in [-0.39, 0.29) is 52.4 Å². The van der Waals surface area contributed by atoms with Crippen molar-refractivity contribution in [2.24, 2.45) is 0 Å². The van der Waals surface area contributed by atoms with E-state index in [1.807, 2.05) is 0 Å². The fraction of sp³-hybridized carbons (Fsp3) is 0.583. The van der Waals surface area contributed by atoms with Gasteiger partial charge in [0, 0.05) is 64.6 Å². The van der Waals surface area contributed by atoms with Crippen LogP contribution >= 0.6 is 0 Å². The lowest BCUT2D eigenvalue weighted by atomic mass is 10.2. The van der Waals surface area contributed by atoms with Crippen LogP contribution in [0, 0.1) is 0 Å². The minimum atomic E-state index is -1.61. The first-order valence-electron chi connectivity index (χ1n) is 12.3. The van der Waals surface area contributed by atoms with Crippen molar-refractivity contribution in [2.75, 3.05) is 90.0 Å². The summed E-state index contributed by atoms with van der Waals surface area (Å²) in [5.74, 6) is -3.68. The van der Waals surface area contributed by atoms with E-state index in [1.165, 1.54) is 4.90 Å². The Kier molecular flexibility index (Phi) is 13.1. The van der Waals surface area contributed by atoms with Crippen LogP contribution in [0.25, 0.3) is 0 Å². The number of hydrogen-bond acceptors (Lipinski definition) is 10. The van der Waals surface area contributed by atoms with Gasteiger partial charge in [0.1, 0.15) is 6.54 Å². The second kappa shape index (κ2) is 16.0. The lowest BCUT2D eigenvalue weighted by molar-refractivity contribution is -0.140. The summed E-state index contributed by atoms with van der Waals surface area (Å²) in [5.41, 5.74) is 0.435. The number of amides is 1. The molecule has 1 aromatic rings. The Bertz CT molecular complexity index is 918. The lowest BCUT2D eigenvalue weighted by Crippen LogP contribution is -2.50. The van der Waals surface area contributed by atoms with Crippen molar-refractivity contribution in [1.82, 2.24) is 19.6 Å². The van der Waals surface area contributed by atoms with Gasteiger partial charge >= 0.3 is 17.9 Å². The first kappa shape index (κ1) is 31.1. The number of carbonyl (C=O) groups excluding carboxylic acids is 1. The van der Waals surface area contributed by atoms with Crippen molar-refractivity contribution < 1.29 is 44.7 Å². The predicted octanol–water partition coefficient (Wildman–Crippen LogP) is -2.19. The van der Waals surface area contributed by atoms with Crippen LogP contribution in [0.1, 0.15) is 0 Å². The van der Waals surface area contributed by atoms with Crippen LogP contribution in [-0.2, 0) is 19.2 Å². The van der Waals surface area contributed by atoms with E-state index >= 15 is 0 Å². The van der Waals surface area contributed by atoms with Gasteiger partial charge in [-0.2, -0.15) is 0 Å². The zero-order chi connectivity index (χ0) is 28.1. The lowest BCUT2D eigenvalue weighted by Gasteiger charge is -2.34. The van der Waals surface area contributed by atoms with Gasteiger partial charge in [0.05, 0.1) is 19.6 Å². The number of para-hydroxylation sites is 1. The van der Waals surface area contributed by atoms with Crippen molar-refractivity contribution >= 4 is 29.5 Å². The summed E-state index contributed by atoms with van der Waals surface area (Å²) in [6.45, 7) is 1.11. The third-order valence-corrected chi connectivity index (χ3v) is 6.09. The summed E-state index contributed by atoms with van der Waals surface area (Å²) in [7, 11) is 0. The fourth-order valence-electron chi connectivity index (χ4n) is 4.19. The van der Waals surface area contributed by atoms with Gasteiger partial charge in [-0.15, -0.1) is 0 Å².